The fourth-order valence-corrected chi connectivity index (χ4v) is 13.4. The molecule has 4 aromatic rings. The minimum Gasteiger partial charge on any atom is -0.103 e. The molecule has 0 radical (unpaired) electrons. The van der Waals surface area contributed by atoms with Gasteiger partial charge in [0.1, 0.15) is 0 Å². The van der Waals surface area contributed by atoms with Crippen LogP contribution in [0.1, 0.15) is 44.4 Å². The van der Waals surface area contributed by atoms with Crippen molar-refractivity contribution in [1.29, 1.82) is 0 Å². The van der Waals surface area contributed by atoms with Gasteiger partial charge in [0.05, 0.1) is 8.07 Å². The van der Waals surface area contributed by atoms with E-state index in [0.717, 1.165) is 0 Å². The van der Waals surface area contributed by atoms with E-state index < -0.39 is 8.07 Å². The molecule has 0 saturated carbocycles. The zero-order valence-corrected chi connectivity index (χ0v) is 22.5. The van der Waals surface area contributed by atoms with Gasteiger partial charge in [-0.3, -0.25) is 0 Å². The smallest absolute Gasteiger partial charge is 0.0995 e. The largest absolute Gasteiger partial charge is 0.103 e. The summed E-state index contributed by atoms with van der Waals surface area (Å²) in [5.74, 6) is 0. The highest BCUT2D eigenvalue weighted by Gasteiger charge is 2.56. The van der Waals surface area contributed by atoms with Crippen LogP contribution in [0.4, 0.5) is 0 Å². The Hall–Kier alpha value is -3.94. The number of benzene rings is 4. The Labute approximate surface area is 224 Å². The van der Waals surface area contributed by atoms with E-state index in [1.165, 1.54) is 22.3 Å². The third kappa shape index (κ3) is 5.01. The van der Waals surface area contributed by atoms with Crippen molar-refractivity contribution in [2.45, 2.75) is 22.2 Å². The van der Waals surface area contributed by atoms with E-state index >= 15 is 0 Å². The summed E-state index contributed by atoms with van der Waals surface area (Å²) in [7, 11) is -2.75. The van der Waals surface area contributed by atoms with Gasteiger partial charge >= 0.3 is 0 Å². The molecule has 184 valence electrons. The lowest BCUT2D eigenvalue weighted by molar-refractivity contribution is 0.865. The van der Waals surface area contributed by atoms with Crippen LogP contribution in [0.5, 0.6) is 0 Å². The Balaban J connectivity index is 2.17. The number of allylic oxidation sites excluding steroid dienone is 4. The van der Waals surface area contributed by atoms with E-state index in [-0.39, 0.29) is 22.2 Å². The maximum absolute atomic E-state index is 4.47. The first kappa shape index (κ1) is 26.1. The summed E-state index contributed by atoms with van der Waals surface area (Å²) < 4.78 is 0. The predicted octanol–water partition coefficient (Wildman–Crippen LogP) is 9.47. The fraction of sp³-hybridized carbons (Fsp3) is 0.111. The molecule has 0 bridgehead atoms. The molecule has 0 fully saturated rings. The number of hydrogen-bond acceptors (Lipinski definition) is 0. The summed E-state index contributed by atoms with van der Waals surface area (Å²) in [6.07, 6.45) is 8.72. The molecule has 0 aliphatic rings. The molecule has 0 aliphatic carbocycles. The molecule has 4 rings (SSSR count). The Morgan fingerprint density at radius 1 is 0.351 bits per heavy atom. The molecule has 0 aromatic heterocycles. The van der Waals surface area contributed by atoms with Gasteiger partial charge in [0.15, 0.2) is 0 Å². The van der Waals surface area contributed by atoms with Crippen LogP contribution in [0.3, 0.4) is 0 Å². The van der Waals surface area contributed by atoms with Crippen LogP contribution in [0.25, 0.3) is 0 Å². The van der Waals surface area contributed by atoms with Gasteiger partial charge in [-0.25, -0.2) is 0 Å². The van der Waals surface area contributed by atoms with Gasteiger partial charge in [-0.05, 0) is 44.4 Å². The van der Waals surface area contributed by atoms with Crippen LogP contribution in [-0.4, -0.2) is 8.07 Å². The van der Waals surface area contributed by atoms with E-state index in [0.29, 0.717) is 0 Å². The van der Waals surface area contributed by atoms with Crippen LogP contribution in [0.15, 0.2) is 172 Å². The molecule has 0 saturated heterocycles. The van der Waals surface area contributed by atoms with Crippen molar-refractivity contribution in [1.82, 2.24) is 0 Å². The average Bonchev–Trinajstić information content (AvgIpc) is 2.97. The molecular weight excluding hydrogens is 460 g/mol. The third-order valence-corrected chi connectivity index (χ3v) is 14.3. The normalized spacial score (nSPS) is 15.8. The van der Waals surface area contributed by atoms with Gasteiger partial charge < -0.3 is 0 Å². The summed E-state index contributed by atoms with van der Waals surface area (Å²) in [6, 6.07) is 43.4. The highest BCUT2D eigenvalue weighted by Crippen LogP contribution is 2.55. The molecule has 4 aromatic carbocycles. The van der Waals surface area contributed by atoms with Gasteiger partial charge in [0.2, 0.25) is 0 Å². The fourth-order valence-electron chi connectivity index (χ4n) is 6.32. The van der Waals surface area contributed by atoms with E-state index in [2.05, 4.69) is 172 Å². The minimum atomic E-state index is -2.75. The summed E-state index contributed by atoms with van der Waals surface area (Å²) in [5.41, 5.74) is 5.50. The van der Waals surface area contributed by atoms with Crippen LogP contribution in [-0.2, 0) is 0 Å². The van der Waals surface area contributed by atoms with Crippen LogP contribution < -0.4 is 0 Å². The van der Waals surface area contributed by atoms with Crippen molar-refractivity contribution >= 4 is 8.07 Å². The lowest BCUT2D eigenvalue weighted by atomic mass is 10.1. The molecule has 0 nitrogen and oxygen atoms in total. The summed E-state index contributed by atoms with van der Waals surface area (Å²) in [6.45, 7) is 17.9. The van der Waals surface area contributed by atoms with Gasteiger partial charge in [-0.1, -0.05) is 146 Å². The summed E-state index contributed by atoms with van der Waals surface area (Å²) in [4.78, 5) is 0. The lowest BCUT2D eigenvalue weighted by Gasteiger charge is -2.52. The van der Waals surface area contributed by atoms with Crippen molar-refractivity contribution in [2.75, 3.05) is 0 Å². The van der Waals surface area contributed by atoms with Crippen LogP contribution >= 0.6 is 0 Å². The minimum absolute atomic E-state index is 0.100. The third-order valence-electron chi connectivity index (χ3n) is 7.73. The zero-order valence-electron chi connectivity index (χ0n) is 21.5. The quantitative estimate of drug-likeness (QED) is 0.135. The molecule has 0 N–H and O–H groups in total. The molecule has 37 heavy (non-hydrogen) atoms. The highest BCUT2D eigenvalue weighted by molar-refractivity contribution is 6.86. The second kappa shape index (κ2) is 12.3. The van der Waals surface area contributed by atoms with Crippen molar-refractivity contribution in [3.8, 4) is 0 Å². The topological polar surface area (TPSA) is 0 Å². The van der Waals surface area contributed by atoms with Gasteiger partial charge in [0, 0.05) is 0 Å². The number of rotatable bonds is 12. The summed E-state index contributed by atoms with van der Waals surface area (Å²) >= 11 is 0. The van der Waals surface area contributed by atoms with Crippen LogP contribution in [0.2, 0.25) is 0 Å². The maximum Gasteiger partial charge on any atom is 0.0995 e. The molecule has 4 atom stereocenters. The predicted molar refractivity (Wildman–Crippen MR) is 163 cm³/mol. The first-order valence-electron chi connectivity index (χ1n) is 12.9. The second-order valence-corrected chi connectivity index (χ2v) is 14.0. The standard InChI is InChI=1S/C36H36Si/c1-5-33(29-21-13-9-14-22-29)37(34(6-2)30-23-15-10-16-24-30,35(7-3)31-25-17-11-18-26-31)36(8-4)32-27-19-12-20-28-32/h5-28,33-36H,1-4H2. The number of hydrogen-bond donors (Lipinski definition) is 0. The first-order valence-corrected chi connectivity index (χ1v) is 15.2. The Morgan fingerprint density at radius 2 is 0.541 bits per heavy atom. The van der Waals surface area contributed by atoms with Gasteiger partial charge in [-0.2, -0.15) is 0 Å². The Kier molecular flexibility index (Phi) is 8.71. The molecule has 0 aliphatic heterocycles. The average molecular weight is 497 g/mol. The molecule has 0 amide bonds. The van der Waals surface area contributed by atoms with E-state index in [1.807, 2.05) is 0 Å². The van der Waals surface area contributed by atoms with E-state index in [9.17, 15) is 0 Å². The van der Waals surface area contributed by atoms with Gasteiger partial charge in [-0.15, -0.1) is 26.3 Å². The van der Waals surface area contributed by atoms with Gasteiger partial charge in [0.25, 0.3) is 0 Å². The van der Waals surface area contributed by atoms with E-state index in [1.54, 1.807) is 0 Å². The van der Waals surface area contributed by atoms with Crippen molar-refractivity contribution < 1.29 is 0 Å². The molecule has 0 heterocycles. The van der Waals surface area contributed by atoms with Crippen molar-refractivity contribution in [3.05, 3.63) is 194 Å². The maximum atomic E-state index is 4.47. The SMILES string of the molecule is C=CC(c1ccccc1)[Si](C(C=C)c1ccccc1)(C(C=C)c1ccccc1)C(C=C)c1ccccc1. The van der Waals surface area contributed by atoms with Crippen molar-refractivity contribution in [2.24, 2.45) is 0 Å². The molecule has 4 unspecified atom stereocenters. The zero-order chi connectivity index (χ0) is 26.1. The lowest BCUT2D eigenvalue weighted by Crippen LogP contribution is -2.57. The van der Waals surface area contributed by atoms with Crippen LogP contribution in [0, 0.1) is 0 Å². The van der Waals surface area contributed by atoms with E-state index in [4.69, 9.17) is 0 Å². The second-order valence-electron chi connectivity index (χ2n) is 9.50. The molecule has 0 spiro atoms. The monoisotopic (exact) mass is 496 g/mol. The Bertz CT molecular complexity index is 1080. The molecule has 1 heteroatoms. The molecular formula is C36H36Si. The highest BCUT2D eigenvalue weighted by atomic mass is 28.3. The first-order chi connectivity index (χ1) is 18.2. The summed E-state index contributed by atoms with van der Waals surface area (Å²) in [5, 5.41) is 0. The van der Waals surface area contributed by atoms with Crippen molar-refractivity contribution in [3.63, 3.8) is 0 Å². The Morgan fingerprint density at radius 3 is 0.703 bits per heavy atom.